The van der Waals surface area contributed by atoms with E-state index in [-0.39, 0.29) is 6.04 Å². The molecule has 0 spiro atoms. The molecule has 2 rings (SSSR count). The Balaban J connectivity index is 2.15. The minimum absolute atomic E-state index is 0.255. The molecule has 0 bridgehead atoms. The van der Waals surface area contributed by atoms with Crippen LogP contribution in [0.1, 0.15) is 18.4 Å². The minimum Gasteiger partial charge on any atom is -0.624 e. The Bertz CT molecular complexity index is 288. The predicted octanol–water partition coefficient (Wildman–Crippen LogP) is 1.78. The van der Waals surface area contributed by atoms with Gasteiger partial charge in [-0.15, -0.1) is 0 Å². The third kappa shape index (κ3) is 1.64. The maximum Gasteiger partial charge on any atom is 0.182 e. The maximum absolute atomic E-state index is 11.2. The molecule has 2 nitrogen and oxygen atoms in total. The molecule has 1 saturated carbocycles. The Kier molecular flexibility index (Phi) is 1.82. The second kappa shape index (κ2) is 2.97. The maximum atomic E-state index is 11.2. The summed E-state index contributed by atoms with van der Waals surface area (Å²) in [6.07, 6.45) is 3.76. The van der Waals surface area contributed by atoms with Crippen molar-refractivity contribution in [1.82, 2.24) is 0 Å². The molecule has 1 aliphatic carbocycles. The van der Waals surface area contributed by atoms with Crippen molar-refractivity contribution in [2.24, 2.45) is 0 Å². The average Bonchev–Trinajstić information content (AvgIpc) is 2.88. The highest BCUT2D eigenvalue weighted by atomic mass is 16.5. The zero-order valence-electron chi connectivity index (χ0n) is 6.81. The van der Waals surface area contributed by atoms with Gasteiger partial charge in [-0.2, -0.15) is 0 Å². The second-order valence-corrected chi connectivity index (χ2v) is 3.13. The van der Waals surface area contributed by atoms with E-state index >= 15 is 0 Å². The first-order valence-corrected chi connectivity index (χ1v) is 4.21. The first kappa shape index (κ1) is 7.35. The van der Waals surface area contributed by atoms with Crippen molar-refractivity contribution in [2.75, 3.05) is 0 Å². The van der Waals surface area contributed by atoms with E-state index in [1.165, 1.54) is 0 Å². The van der Waals surface area contributed by atoms with Gasteiger partial charge in [-0.3, -0.25) is 0 Å². The van der Waals surface area contributed by atoms with E-state index in [4.69, 9.17) is 0 Å². The number of hydroxylamine groups is 1. The second-order valence-electron chi connectivity index (χ2n) is 3.13. The van der Waals surface area contributed by atoms with Crippen LogP contribution in [0.3, 0.4) is 0 Å². The number of hydrogen-bond donors (Lipinski definition) is 0. The molecule has 2 heteroatoms. The molecule has 0 saturated heterocycles. The van der Waals surface area contributed by atoms with Crippen LogP contribution in [0.2, 0.25) is 0 Å². The van der Waals surface area contributed by atoms with Gasteiger partial charge in [-0.1, -0.05) is 18.2 Å². The van der Waals surface area contributed by atoms with E-state index in [9.17, 15) is 5.21 Å². The first-order valence-electron chi connectivity index (χ1n) is 4.21. The van der Waals surface area contributed by atoms with Crippen molar-refractivity contribution in [3.8, 4) is 0 Å². The topological polar surface area (TPSA) is 26.1 Å². The van der Waals surface area contributed by atoms with E-state index in [0.29, 0.717) is 0 Å². The molecule has 0 unspecified atom stereocenters. The molecule has 1 aromatic carbocycles. The van der Waals surface area contributed by atoms with Gasteiger partial charge in [0.05, 0.1) is 0 Å². The van der Waals surface area contributed by atoms with Gasteiger partial charge in [0.25, 0.3) is 0 Å². The number of rotatable bonds is 2. The van der Waals surface area contributed by atoms with Crippen LogP contribution in [0, 0.1) is 5.21 Å². The minimum atomic E-state index is 0.255. The normalized spacial score (nSPS) is 17.8. The Morgan fingerprint density at radius 3 is 2.50 bits per heavy atom. The largest absolute Gasteiger partial charge is 0.624 e. The fourth-order valence-electron chi connectivity index (χ4n) is 1.12. The SMILES string of the molecule is [O-]/[N+](=C/c1ccccc1)C1CC1. The van der Waals surface area contributed by atoms with Crippen LogP contribution < -0.4 is 0 Å². The molecule has 0 aliphatic heterocycles. The van der Waals surface area contributed by atoms with E-state index in [2.05, 4.69) is 0 Å². The Labute approximate surface area is 71.7 Å². The van der Waals surface area contributed by atoms with Crippen LogP contribution in [-0.2, 0) is 0 Å². The summed E-state index contributed by atoms with van der Waals surface area (Å²) in [7, 11) is 0. The van der Waals surface area contributed by atoms with E-state index < -0.39 is 0 Å². The summed E-state index contributed by atoms with van der Waals surface area (Å²) in [6, 6.07) is 9.95. The molecule has 0 amide bonds. The number of benzene rings is 1. The zero-order chi connectivity index (χ0) is 8.39. The Hall–Kier alpha value is -1.31. The Morgan fingerprint density at radius 1 is 1.25 bits per heavy atom. The van der Waals surface area contributed by atoms with E-state index in [1.807, 2.05) is 30.3 Å². The van der Waals surface area contributed by atoms with Crippen molar-refractivity contribution in [3.63, 3.8) is 0 Å². The molecule has 1 aliphatic rings. The van der Waals surface area contributed by atoms with Gasteiger partial charge in [0, 0.05) is 18.4 Å². The van der Waals surface area contributed by atoms with Gasteiger partial charge in [-0.05, 0) is 12.1 Å². The molecule has 1 aromatic rings. The lowest BCUT2D eigenvalue weighted by molar-refractivity contribution is -0.467. The predicted molar refractivity (Wildman–Crippen MR) is 48.3 cm³/mol. The number of hydrogen-bond acceptors (Lipinski definition) is 1. The molecule has 0 aromatic heterocycles. The molecule has 0 heterocycles. The molecule has 1 fully saturated rings. The van der Waals surface area contributed by atoms with Gasteiger partial charge < -0.3 is 5.21 Å². The summed E-state index contributed by atoms with van der Waals surface area (Å²) in [4.78, 5) is 0. The quantitative estimate of drug-likeness (QED) is 0.281. The third-order valence-electron chi connectivity index (χ3n) is 1.98. The first-order chi connectivity index (χ1) is 5.86. The summed E-state index contributed by atoms with van der Waals surface area (Å²) in [5, 5.41) is 11.2. The Morgan fingerprint density at radius 2 is 1.92 bits per heavy atom. The smallest absolute Gasteiger partial charge is 0.182 e. The van der Waals surface area contributed by atoms with E-state index in [0.717, 1.165) is 23.1 Å². The summed E-state index contributed by atoms with van der Waals surface area (Å²) >= 11 is 0. The lowest BCUT2D eigenvalue weighted by atomic mass is 10.2. The lowest BCUT2D eigenvalue weighted by Crippen LogP contribution is -2.07. The van der Waals surface area contributed by atoms with Crippen LogP contribution in [0.25, 0.3) is 0 Å². The van der Waals surface area contributed by atoms with E-state index in [1.54, 1.807) is 6.21 Å². The third-order valence-corrected chi connectivity index (χ3v) is 1.98. The fraction of sp³-hybridized carbons (Fsp3) is 0.300. The monoisotopic (exact) mass is 161 g/mol. The zero-order valence-corrected chi connectivity index (χ0v) is 6.81. The highest BCUT2D eigenvalue weighted by Crippen LogP contribution is 2.22. The molecule has 12 heavy (non-hydrogen) atoms. The van der Waals surface area contributed by atoms with Gasteiger partial charge in [0.15, 0.2) is 12.3 Å². The van der Waals surface area contributed by atoms with Crippen LogP contribution in [-0.4, -0.2) is 17.0 Å². The van der Waals surface area contributed by atoms with Crippen LogP contribution in [0.4, 0.5) is 0 Å². The molecule has 0 atom stereocenters. The number of nitrogens with zero attached hydrogens (tertiary/aromatic N) is 1. The van der Waals surface area contributed by atoms with Crippen molar-refractivity contribution in [2.45, 2.75) is 18.9 Å². The lowest BCUT2D eigenvalue weighted by Gasteiger charge is -2.00. The van der Waals surface area contributed by atoms with Crippen molar-refractivity contribution >= 4 is 6.21 Å². The standard InChI is InChI=1S/C10H11NO/c12-11(10-6-7-10)8-9-4-2-1-3-5-9/h1-5,8,10H,6-7H2/b11-8+. The highest BCUT2D eigenvalue weighted by molar-refractivity contribution is 5.75. The van der Waals surface area contributed by atoms with Crippen LogP contribution in [0.15, 0.2) is 30.3 Å². The van der Waals surface area contributed by atoms with Gasteiger partial charge in [0.2, 0.25) is 0 Å². The molecule has 0 radical (unpaired) electrons. The summed E-state index contributed by atoms with van der Waals surface area (Å²) in [6.45, 7) is 0. The fourth-order valence-corrected chi connectivity index (χ4v) is 1.12. The van der Waals surface area contributed by atoms with Crippen molar-refractivity contribution in [1.29, 1.82) is 0 Å². The summed E-state index contributed by atoms with van der Waals surface area (Å²) in [5.74, 6) is 0. The summed E-state index contributed by atoms with van der Waals surface area (Å²) < 4.78 is 1.06. The van der Waals surface area contributed by atoms with Gasteiger partial charge in [0.1, 0.15) is 0 Å². The van der Waals surface area contributed by atoms with Gasteiger partial charge in [-0.25, -0.2) is 4.74 Å². The van der Waals surface area contributed by atoms with Crippen molar-refractivity contribution < 1.29 is 4.74 Å². The summed E-state index contributed by atoms with van der Waals surface area (Å²) in [5.41, 5.74) is 0.986. The molecular weight excluding hydrogens is 150 g/mol. The highest BCUT2D eigenvalue weighted by Gasteiger charge is 2.29. The van der Waals surface area contributed by atoms with Gasteiger partial charge >= 0.3 is 0 Å². The molecule has 0 N–H and O–H groups in total. The van der Waals surface area contributed by atoms with Crippen LogP contribution in [0.5, 0.6) is 0 Å². The molecular formula is C10H11NO. The molecule has 62 valence electrons. The van der Waals surface area contributed by atoms with Crippen LogP contribution >= 0.6 is 0 Å². The average molecular weight is 161 g/mol. The van der Waals surface area contributed by atoms with Crippen molar-refractivity contribution in [3.05, 3.63) is 41.1 Å².